The van der Waals surface area contributed by atoms with Crippen LogP contribution in [-0.2, 0) is 4.79 Å². The summed E-state index contributed by atoms with van der Waals surface area (Å²) in [5, 5.41) is 0. The maximum absolute atomic E-state index is 11.1. The lowest BCUT2D eigenvalue weighted by Crippen LogP contribution is -2.23. The molecule has 0 aromatic heterocycles. The highest BCUT2D eigenvalue weighted by Crippen LogP contribution is 2.15. The van der Waals surface area contributed by atoms with Gasteiger partial charge >= 0.3 is 0 Å². The van der Waals surface area contributed by atoms with Crippen LogP contribution >= 0.6 is 0 Å². The minimum Gasteiger partial charge on any atom is -0.321 e. The van der Waals surface area contributed by atoms with Gasteiger partial charge in [-0.1, -0.05) is 6.08 Å². The van der Waals surface area contributed by atoms with Crippen molar-refractivity contribution in [2.45, 2.75) is 6.42 Å². The SMILES string of the molecule is O=C1CC=CC2=C1CNN2. The topological polar surface area (TPSA) is 41.1 Å². The third kappa shape index (κ3) is 0.675. The highest BCUT2D eigenvalue weighted by Gasteiger charge is 2.20. The van der Waals surface area contributed by atoms with Gasteiger partial charge in [-0.25, -0.2) is 5.43 Å². The summed E-state index contributed by atoms with van der Waals surface area (Å²) < 4.78 is 0. The second-order valence-electron chi connectivity index (χ2n) is 2.40. The fraction of sp³-hybridized carbons (Fsp3) is 0.286. The molecule has 1 aliphatic heterocycles. The van der Waals surface area contributed by atoms with Gasteiger partial charge in [0.2, 0.25) is 0 Å². The van der Waals surface area contributed by atoms with E-state index < -0.39 is 0 Å². The number of rotatable bonds is 0. The quantitative estimate of drug-likeness (QED) is 0.487. The van der Waals surface area contributed by atoms with Crippen molar-refractivity contribution in [3.8, 4) is 0 Å². The van der Waals surface area contributed by atoms with Crippen LogP contribution < -0.4 is 10.9 Å². The molecule has 0 radical (unpaired) electrons. The highest BCUT2D eigenvalue weighted by atomic mass is 16.1. The van der Waals surface area contributed by atoms with E-state index in [-0.39, 0.29) is 5.78 Å². The molecular weight excluding hydrogens is 128 g/mol. The smallest absolute Gasteiger partial charge is 0.166 e. The van der Waals surface area contributed by atoms with E-state index in [1.165, 1.54) is 0 Å². The molecule has 2 N–H and O–H groups in total. The third-order valence-electron chi connectivity index (χ3n) is 1.74. The lowest BCUT2D eigenvalue weighted by atomic mass is 10.0. The van der Waals surface area contributed by atoms with Crippen molar-refractivity contribution in [2.24, 2.45) is 0 Å². The summed E-state index contributed by atoms with van der Waals surface area (Å²) in [5.74, 6) is 0.231. The van der Waals surface area contributed by atoms with E-state index in [9.17, 15) is 4.79 Å². The number of hydrazine groups is 1. The maximum Gasteiger partial charge on any atom is 0.166 e. The Balaban J connectivity index is 2.39. The first-order valence-electron chi connectivity index (χ1n) is 3.30. The molecule has 0 saturated carbocycles. The molecule has 0 spiro atoms. The Bertz CT molecular complexity index is 240. The van der Waals surface area contributed by atoms with Gasteiger partial charge in [0.25, 0.3) is 0 Å². The van der Waals surface area contributed by atoms with Crippen LogP contribution in [0.25, 0.3) is 0 Å². The average molecular weight is 136 g/mol. The van der Waals surface area contributed by atoms with E-state index in [0.717, 1.165) is 11.3 Å². The van der Waals surface area contributed by atoms with E-state index in [0.29, 0.717) is 13.0 Å². The predicted octanol–water partition coefficient (Wildman–Crippen LogP) is -0.123. The summed E-state index contributed by atoms with van der Waals surface area (Å²) in [6.07, 6.45) is 4.38. The Kier molecular flexibility index (Phi) is 1.11. The fourth-order valence-corrected chi connectivity index (χ4v) is 1.20. The van der Waals surface area contributed by atoms with Crippen molar-refractivity contribution in [3.05, 3.63) is 23.4 Å². The zero-order valence-corrected chi connectivity index (χ0v) is 5.48. The summed E-state index contributed by atoms with van der Waals surface area (Å²) in [6, 6.07) is 0. The molecule has 3 nitrogen and oxygen atoms in total. The van der Waals surface area contributed by atoms with Crippen molar-refractivity contribution >= 4 is 5.78 Å². The Labute approximate surface area is 58.8 Å². The van der Waals surface area contributed by atoms with Gasteiger partial charge in [0, 0.05) is 18.5 Å². The number of carbonyl (C=O) groups excluding carboxylic acids is 1. The summed E-state index contributed by atoms with van der Waals surface area (Å²) in [4.78, 5) is 11.1. The normalized spacial score (nSPS) is 23.0. The average Bonchev–Trinajstić information content (AvgIpc) is 2.36. The van der Waals surface area contributed by atoms with E-state index in [1.54, 1.807) is 0 Å². The Morgan fingerprint density at radius 1 is 1.50 bits per heavy atom. The molecule has 0 saturated heterocycles. The molecule has 0 amide bonds. The first-order chi connectivity index (χ1) is 4.88. The van der Waals surface area contributed by atoms with Crippen molar-refractivity contribution in [1.29, 1.82) is 0 Å². The Morgan fingerprint density at radius 3 is 3.20 bits per heavy atom. The zero-order chi connectivity index (χ0) is 6.97. The van der Waals surface area contributed by atoms with Crippen LogP contribution in [0.4, 0.5) is 0 Å². The van der Waals surface area contributed by atoms with Gasteiger partial charge in [0.15, 0.2) is 5.78 Å². The molecule has 10 heavy (non-hydrogen) atoms. The number of ketones is 1. The standard InChI is InChI=1S/C7H8N2O/c10-7-3-1-2-6-5(7)4-8-9-6/h1-2,8-9H,3-4H2. The molecule has 0 aromatic rings. The molecule has 1 heterocycles. The van der Waals surface area contributed by atoms with Gasteiger partial charge < -0.3 is 5.43 Å². The van der Waals surface area contributed by atoms with Crippen LogP contribution in [0.3, 0.4) is 0 Å². The van der Waals surface area contributed by atoms with Crippen LogP contribution in [0.5, 0.6) is 0 Å². The molecule has 0 fully saturated rings. The van der Waals surface area contributed by atoms with Crippen LogP contribution in [0.1, 0.15) is 6.42 Å². The maximum atomic E-state index is 11.1. The fourth-order valence-electron chi connectivity index (χ4n) is 1.20. The molecule has 2 rings (SSSR count). The van der Waals surface area contributed by atoms with Crippen molar-refractivity contribution < 1.29 is 4.79 Å². The molecule has 0 aromatic carbocycles. The van der Waals surface area contributed by atoms with E-state index >= 15 is 0 Å². The summed E-state index contributed by atoms with van der Waals surface area (Å²) >= 11 is 0. The van der Waals surface area contributed by atoms with Crippen LogP contribution in [-0.4, -0.2) is 12.3 Å². The highest BCUT2D eigenvalue weighted by molar-refractivity contribution is 5.99. The van der Waals surface area contributed by atoms with Crippen LogP contribution in [0, 0.1) is 0 Å². The van der Waals surface area contributed by atoms with Gasteiger partial charge in [0.1, 0.15) is 0 Å². The molecule has 2 aliphatic rings. The zero-order valence-electron chi connectivity index (χ0n) is 5.48. The number of carbonyl (C=O) groups is 1. The minimum atomic E-state index is 0.231. The number of hydrogen-bond donors (Lipinski definition) is 2. The van der Waals surface area contributed by atoms with Crippen molar-refractivity contribution in [2.75, 3.05) is 6.54 Å². The lowest BCUT2D eigenvalue weighted by Gasteiger charge is -2.03. The Hall–Kier alpha value is -1.09. The summed E-state index contributed by atoms with van der Waals surface area (Å²) in [5.41, 5.74) is 7.64. The lowest BCUT2D eigenvalue weighted by molar-refractivity contribution is -0.114. The van der Waals surface area contributed by atoms with Gasteiger partial charge in [-0.2, -0.15) is 0 Å². The summed E-state index contributed by atoms with van der Waals surface area (Å²) in [7, 11) is 0. The van der Waals surface area contributed by atoms with E-state index in [1.807, 2.05) is 12.2 Å². The van der Waals surface area contributed by atoms with Crippen LogP contribution in [0.15, 0.2) is 23.4 Å². The largest absolute Gasteiger partial charge is 0.321 e. The molecule has 52 valence electrons. The van der Waals surface area contributed by atoms with Crippen molar-refractivity contribution in [3.63, 3.8) is 0 Å². The van der Waals surface area contributed by atoms with Gasteiger partial charge in [-0.3, -0.25) is 4.79 Å². The number of allylic oxidation sites excluding steroid dienone is 2. The predicted molar refractivity (Wildman–Crippen MR) is 36.9 cm³/mol. The molecule has 3 heteroatoms. The molecule has 1 aliphatic carbocycles. The van der Waals surface area contributed by atoms with Gasteiger partial charge in [0.05, 0.1) is 5.70 Å². The van der Waals surface area contributed by atoms with E-state index in [4.69, 9.17) is 0 Å². The molecule has 0 atom stereocenters. The van der Waals surface area contributed by atoms with Gasteiger partial charge in [-0.05, 0) is 6.08 Å². The second-order valence-corrected chi connectivity index (χ2v) is 2.40. The van der Waals surface area contributed by atoms with E-state index in [2.05, 4.69) is 10.9 Å². The van der Waals surface area contributed by atoms with Crippen molar-refractivity contribution in [1.82, 2.24) is 10.9 Å². The minimum absolute atomic E-state index is 0.231. The monoisotopic (exact) mass is 136 g/mol. The third-order valence-corrected chi connectivity index (χ3v) is 1.74. The number of hydrogen-bond acceptors (Lipinski definition) is 3. The molecule has 0 bridgehead atoms. The summed E-state index contributed by atoms with van der Waals surface area (Å²) in [6.45, 7) is 0.665. The number of nitrogens with one attached hydrogen (secondary N) is 2. The second kappa shape index (κ2) is 1.95. The van der Waals surface area contributed by atoms with Crippen LogP contribution in [0.2, 0.25) is 0 Å². The Morgan fingerprint density at radius 2 is 2.40 bits per heavy atom. The first-order valence-corrected chi connectivity index (χ1v) is 3.30. The molecule has 0 unspecified atom stereocenters. The van der Waals surface area contributed by atoms with Gasteiger partial charge in [-0.15, -0.1) is 0 Å². The number of Topliss-reactive ketones (excluding diaryl/α,β-unsaturated/α-hetero) is 1. The molecular formula is C7H8N2O. The first kappa shape index (κ1) is 5.68.